The number of esters is 3. The monoisotopic (exact) mass is 857 g/mol. The summed E-state index contributed by atoms with van der Waals surface area (Å²) in [6, 6.07) is 0. The third-order valence-corrected chi connectivity index (χ3v) is 11.6. The smallest absolute Gasteiger partial charge is 0.306 e. The van der Waals surface area contributed by atoms with E-state index in [9.17, 15) is 14.4 Å². The molecule has 0 radical (unpaired) electrons. The van der Waals surface area contributed by atoms with Gasteiger partial charge in [0.15, 0.2) is 6.10 Å². The molecule has 1 unspecified atom stereocenters. The predicted molar refractivity (Wildman–Crippen MR) is 261 cm³/mol. The number of hydrogen-bond donors (Lipinski definition) is 0. The van der Waals surface area contributed by atoms with Crippen LogP contribution in [0.4, 0.5) is 0 Å². The highest BCUT2D eigenvalue weighted by molar-refractivity contribution is 5.71. The Labute approximate surface area is 378 Å². The van der Waals surface area contributed by atoms with E-state index in [0.717, 1.165) is 83.5 Å². The first-order valence-corrected chi connectivity index (χ1v) is 26.5. The number of carbonyl (C=O) groups excluding carboxylic acids is 3. The third-order valence-electron chi connectivity index (χ3n) is 11.6. The summed E-state index contributed by atoms with van der Waals surface area (Å²) in [6.07, 6.45) is 59.6. The third kappa shape index (κ3) is 48.5. The molecule has 0 heterocycles. The lowest BCUT2D eigenvalue weighted by atomic mass is 10.0. The first-order valence-electron chi connectivity index (χ1n) is 26.5. The molecule has 0 aliphatic rings. The van der Waals surface area contributed by atoms with Crippen molar-refractivity contribution in [3.63, 3.8) is 0 Å². The van der Waals surface area contributed by atoms with E-state index >= 15 is 0 Å². The zero-order valence-corrected chi connectivity index (χ0v) is 40.7. The molecule has 0 aliphatic heterocycles. The lowest BCUT2D eigenvalue weighted by Gasteiger charge is -2.18. The molecule has 0 rings (SSSR count). The molecule has 0 amide bonds. The van der Waals surface area contributed by atoms with E-state index in [1.165, 1.54) is 154 Å². The fraction of sp³-hybridized carbons (Fsp3) is 0.836. The van der Waals surface area contributed by atoms with E-state index in [0.29, 0.717) is 19.3 Å². The van der Waals surface area contributed by atoms with Gasteiger partial charge in [0.1, 0.15) is 13.2 Å². The van der Waals surface area contributed by atoms with Crippen LogP contribution in [0, 0.1) is 0 Å². The van der Waals surface area contributed by atoms with Crippen molar-refractivity contribution in [1.29, 1.82) is 0 Å². The highest BCUT2D eigenvalue weighted by atomic mass is 16.6. The number of carbonyl (C=O) groups is 3. The molecular weight excluding hydrogens is 757 g/mol. The Kier molecular flexibility index (Phi) is 48.3. The summed E-state index contributed by atoms with van der Waals surface area (Å²) in [5, 5.41) is 0. The second-order valence-electron chi connectivity index (χ2n) is 17.8. The second kappa shape index (κ2) is 50.3. The van der Waals surface area contributed by atoms with Crippen LogP contribution in [0.3, 0.4) is 0 Å². The molecule has 0 aliphatic carbocycles. The van der Waals surface area contributed by atoms with Crippen molar-refractivity contribution in [3.8, 4) is 0 Å². The second-order valence-corrected chi connectivity index (χ2v) is 17.8. The summed E-state index contributed by atoms with van der Waals surface area (Å²) in [5.74, 6) is -0.892. The Morgan fingerprint density at radius 1 is 0.328 bits per heavy atom. The molecule has 0 saturated heterocycles. The van der Waals surface area contributed by atoms with E-state index in [-0.39, 0.29) is 31.1 Å². The van der Waals surface area contributed by atoms with Crippen LogP contribution in [-0.4, -0.2) is 37.2 Å². The molecule has 6 nitrogen and oxygen atoms in total. The zero-order chi connectivity index (χ0) is 44.4. The maximum absolute atomic E-state index is 12.5. The van der Waals surface area contributed by atoms with Crippen LogP contribution in [0.1, 0.15) is 278 Å². The van der Waals surface area contributed by atoms with E-state index in [2.05, 4.69) is 57.2 Å². The summed E-state index contributed by atoms with van der Waals surface area (Å²) in [7, 11) is 0. The van der Waals surface area contributed by atoms with Crippen molar-refractivity contribution < 1.29 is 28.6 Å². The first-order chi connectivity index (χ1) is 30.0. The van der Waals surface area contributed by atoms with E-state index in [1.807, 2.05) is 0 Å². The molecule has 0 spiro atoms. The van der Waals surface area contributed by atoms with Crippen molar-refractivity contribution in [2.75, 3.05) is 13.2 Å². The lowest BCUT2D eigenvalue weighted by Crippen LogP contribution is -2.30. The van der Waals surface area contributed by atoms with Gasteiger partial charge in [0.2, 0.25) is 0 Å². The highest BCUT2D eigenvalue weighted by Gasteiger charge is 2.19. The fourth-order valence-corrected chi connectivity index (χ4v) is 7.63. The number of hydrogen-bond acceptors (Lipinski definition) is 6. The van der Waals surface area contributed by atoms with Crippen molar-refractivity contribution >= 4 is 17.9 Å². The number of allylic oxidation sites excluding steroid dienone is 6. The van der Waals surface area contributed by atoms with Gasteiger partial charge in [-0.2, -0.15) is 0 Å². The van der Waals surface area contributed by atoms with Crippen LogP contribution in [-0.2, 0) is 28.6 Å². The van der Waals surface area contributed by atoms with Crippen molar-refractivity contribution in [2.45, 2.75) is 284 Å². The average molecular weight is 857 g/mol. The fourth-order valence-electron chi connectivity index (χ4n) is 7.63. The van der Waals surface area contributed by atoms with Crippen LogP contribution in [0.5, 0.6) is 0 Å². The van der Waals surface area contributed by atoms with Gasteiger partial charge in [0, 0.05) is 19.3 Å². The van der Waals surface area contributed by atoms with Gasteiger partial charge in [-0.15, -0.1) is 0 Å². The van der Waals surface area contributed by atoms with Gasteiger partial charge >= 0.3 is 17.9 Å². The molecule has 1 atom stereocenters. The first kappa shape index (κ1) is 58.6. The van der Waals surface area contributed by atoms with Crippen LogP contribution in [0.2, 0.25) is 0 Å². The number of ether oxygens (including phenoxy) is 3. The van der Waals surface area contributed by atoms with Gasteiger partial charge in [-0.25, -0.2) is 0 Å². The predicted octanol–water partition coefficient (Wildman–Crippen LogP) is 17.3. The van der Waals surface area contributed by atoms with E-state index < -0.39 is 6.10 Å². The zero-order valence-electron chi connectivity index (χ0n) is 40.7. The number of unbranched alkanes of at least 4 members (excludes halogenated alkanes) is 31. The summed E-state index contributed by atoms with van der Waals surface area (Å²) < 4.78 is 16.5. The van der Waals surface area contributed by atoms with Crippen LogP contribution >= 0.6 is 0 Å². The maximum atomic E-state index is 12.5. The molecule has 61 heavy (non-hydrogen) atoms. The van der Waals surface area contributed by atoms with Crippen molar-refractivity contribution in [2.24, 2.45) is 0 Å². The van der Waals surface area contributed by atoms with E-state index in [1.54, 1.807) is 0 Å². The standard InChI is InChI=1S/C55H100O6/c1-4-7-10-13-14-15-16-17-18-19-20-21-22-23-24-25-26-27-28-29-30-31-32-33-34-35-36-37-38-39-40-43-45-48-54(57)60-51-52(61-55(58)49-46-42-12-9-6-3)50-59-53(56)47-44-41-11-8-5-2/h16-17,19-20,22-23,52H,4-15,18,21,24-51H2,1-3H3/b17-16-,20-19-,23-22-. The SMILES string of the molecule is CCCCCCC/C=C\C/C=C\C/C=C\CCCCCCCCCCCCCCCCCCCCC(=O)OCC(COC(=O)CCCCCCC)OC(=O)CCCCCCC. The minimum Gasteiger partial charge on any atom is -0.462 e. The Bertz CT molecular complexity index is 1030. The Morgan fingerprint density at radius 2 is 0.590 bits per heavy atom. The van der Waals surface area contributed by atoms with Gasteiger partial charge < -0.3 is 14.2 Å². The molecule has 0 saturated carbocycles. The minimum absolute atomic E-state index is 0.0697. The molecule has 0 N–H and O–H groups in total. The van der Waals surface area contributed by atoms with Crippen LogP contribution < -0.4 is 0 Å². The molecule has 0 aromatic heterocycles. The van der Waals surface area contributed by atoms with Gasteiger partial charge in [-0.3, -0.25) is 14.4 Å². The van der Waals surface area contributed by atoms with Gasteiger partial charge in [-0.1, -0.05) is 237 Å². The van der Waals surface area contributed by atoms with Gasteiger partial charge in [0.25, 0.3) is 0 Å². The number of rotatable bonds is 48. The Morgan fingerprint density at radius 3 is 0.918 bits per heavy atom. The molecule has 6 heteroatoms. The molecule has 0 aromatic rings. The minimum atomic E-state index is -0.759. The van der Waals surface area contributed by atoms with Crippen molar-refractivity contribution in [1.82, 2.24) is 0 Å². The topological polar surface area (TPSA) is 78.9 Å². The lowest BCUT2D eigenvalue weighted by molar-refractivity contribution is -0.167. The Balaban J connectivity index is 3.72. The normalized spacial score (nSPS) is 12.2. The molecular formula is C55H100O6. The van der Waals surface area contributed by atoms with Gasteiger partial charge in [0.05, 0.1) is 0 Å². The summed E-state index contributed by atoms with van der Waals surface area (Å²) >= 11 is 0. The Hall–Kier alpha value is -2.37. The van der Waals surface area contributed by atoms with Crippen molar-refractivity contribution in [3.05, 3.63) is 36.5 Å². The molecule has 0 aromatic carbocycles. The summed E-state index contributed by atoms with van der Waals surface area (Å²) in [6.45, 7) is 6.46. The quantitative estimate of drug-likeness (QED) is 0.0262. The molecule has 356 valence electrons. The van der Waals surface area contributed by atoms with E-state index in [4.69, 9.17) is 14.2 Å². The van der Waals surface area contributed by atoms with Crippen LogP contribution in [0.25, 0.3) is 0 Å². The summed E-state index contributed by atoms with van der Waals surface area (Å²) in [4.78, 5) is 37.2. The van der Waals surface area contributed by atoms with Gasteiger partial charge in [-0.05, 0) is 57.8 Å². The van der Waals surface area contributed by atoms with Crippen LogP contribution in [0.15, 0.2) is 36.5 Å². The average Bonchev–Trinajstić information content (AvgIpc) is 3.26. The molecule has 0 bridgehead atoms. The largest absolute Gasteiger partial charge is 0.462 e. The highest BCUT2D eigenvalue weighted by Crippen LogP contribution is 2.16. The maximum Gasteiger partial charge on any atom is 0.306 e. The molecule has 0 fully saturated rings. The summed E-state index contributed by atoms with van der Waals surface area (Å²) in [5.41, 5.74) is 0.